The lowest BCUT2D eigenvalue weighted by atomic mass is 9.75. The van der Waals surface area contributed by atoms with E-state index in [1.54, 1.807) is 0 Å². The lowest BCUT2D eigenvalue weighted by Gasteiger charge is -2.44. The molecule has 2 aliphatic rings. The molecule has 0 aromatic rings. The van der Waals surface area contributed by atoms with Gasteiger partial charge in [0.2, 0.25) is 0 Å². The van der Waals surface area contributed by atoms with Crippen LogP contribution in [0.1, 0.15) is 46.5 Å². The highest BCUT2D eigenvalue weighted by molar-refractivity contribution is 4.88. The van der Waals surface area contributed by atoms with Crippen LogP contribution in [0.4, 0.5) is 0 Å². The van der Waals surface area contributed by atoms with E-state index in [1.807, 2.05) is 0 Å². The van der Waals surface area contributed by atoms with Crippen LogP contribution in [-0.2, 0) is 0 Å². The zero-order valence-electron chi connectivity index (χ0n) is 13.2. The summed E-state index contributed by atoms with van der Waals surface area (Å²) in [5, 5.41) is 3.53. The van der Waals surface area contributed by atoms with Gasteiger partial charge in [0.1, 0.15) is 0 Å². The van der Waals surface area contributed by atoms with Gasteiger partial charge < -0.3 is 10.2 Å². The molecule has 2 heterocycles. The van der Waals surface area contributed by atoms with Gasteiger partial charge in [-0.25, -0.2) is 0 Å². The molecule has 0 radical (unpaired) electrons. The van der Waals surface area contributed by atoms with Gasteiger partial charge >= 0.3 is 0 Å². The molecule has 2 fully saturated rings. The summed E-state index contributed by atoms with van der Waals surface area (Å²) in [6.07, 6.45) is 5.52. The summed E-state index contributed by atoms with van der Waals surface area (Å²) < 4.78 is 0. The van der Waals surface area contributed by atoms with E-state index in [4.69, 9.17) is 0 Å². The molecule has 0 bridgehead atoms. The second kappa shape index (κ2) is 7.05. The fourth-order valence-electron chi connectivity index (χ4n) is 3.89. The Balaban J connectivity index is 1.85. The van der Waals surface area contributed by atoms with Gasteiger partial charge in [-0.3, -0.25) is 4.90 Å². The van der Waals surface area contributed by atoms with Crippen LogP contribution in [0.5, 0.6) is 0 Å². The van der Waals surface area contributed by atoms with Gasteiger partial charge in [-0.05, 0) is 51.6 Å². The first-order valence-corrected chi connectivity index (χ1v) is 8.32. The van der Waals surface area contributed by atoms with Crippen molar-refractivity contribution in [1.29, 1.82) is 0 Å². The van der Waals surface area contributed by atoms with Crippen LogP contribution in [0.3, 0.4) is 0 Å². The molecule has 0 aliphatic carbocycles. The molecule has 0 unspecified atom stereocenters. The van der Waals surface area contributed by atoms with E-state index in [2.05, 4.69) is 35.9 Å². The second-order valence-electron chi connectivity index (χ2n) is 6.91. The van der Waals surface area contributed by atoms with Crippen molar-refractivity contribution in [3.63, 3.8) is 0 Å². The first-order valence-electron chi connectivity index (χ1n) is 8.32. The lowest BCUT2D eigenvalue weighted by molar-refractivity contribution is 0.0511. The SMILES string of the molecule is CCCC1(CN2CCN(C(C)C)CC2)CCNCC1. The fourth-order valence-corrected chi connectivity index (χ4v) is 3.89. The van der Waals surface area contributed by atoms with Crippen molar-refractivity contribution >= 4 is 0 Å². The number of rotatable bonds is 5. The lowest BCUT2D eigenvalue weighted by Crippen LogP contribution is -2.53. The summed E-state index contributed by atoms with van der Waals surface area (Å²) in [6, 6.07) is 0.714. The number of nitrogens with zero attached hydrogens (tertiary/aromatic N) is 2. The molecule has 2 aliphatic heterocycles. The van der Waals surface area contributed by atoms with E-state index in [0.29, 0.717) is 11.5 Å². The van der Waals surface area contributed by atoms with Crippen LogP contribution >= 0.6 is 0 Å². The van der Waals surface area contributed by atoms with Crippen molar-refractivity contribution in [3.8, 4) is 0 Å². The normalized spacial score (nSPS) is 25.9. The molecule has 19 heavy (non-hydrogen) atoms. The van der Waals surface area contributed by atoms with Gasteiger partial charge in [-0.15, -0.1) is 0 Å². The number of piperidine rings is 1. The quantitative estimate of drug-likeness (QED) is 0.824. The Morgan fingerprint density at radius 1 is 1.05 bits per heavy atom. The van der Waals surface area contributed by atoms with Crippen molar-refractivity contribution in [2.75, 3.05) is 45.8 Å². The maximum absolute atomic E-state index is 3.53. The molecule has 0 atom stereocenters. The predicted molar refractivity (Wildman–Crippen MR) is 82.6 cm³/mol. The molecular weight excluding hydrogens is 234 g/mol. The van der Waals surface area contributed by atoms with Gasteiger partial charge in [0.25, 0.3) is 0 Å². The average molecular weight is 267 g/mol. The predicted octanol–water partition coefficient (Wildman–Crippen LogP) is 2.18. The third-order valence-electron chi connectivity index (χ3n) is 5.14. The number of hydrogen-bond acceptors (Lipinski definition) is 3. The summed E-state index contributed by atoms with van der Waals surface area (Å²) in [7, 11) is 0. The Morgan fingerprint density at radius 3 is 2.21 bits per heavy atom. The van der Waals surface area contributed by atoms with Gasteiger partial charge in [0.05, 0.1) is 0 Å². The van der Waals surface area contributed by atoms with E-state index in [0.717, 1.165) is 0 Å². The maximum atomic E-state index is 3.53. The van der Waals surface area contributed by atoms with Crippen LogP contribution in [-0.4, -0.2) is 61.7 Å². The van der Waals surface area contributed by atoms with Gasteiger partial charge in [-0.2, -0.15) is 0 Å². The standard InChI is InChI=1S/C16H33N3/c1-4-5-16(6-8-17-9-7-16)14-18-10-12-19(13-11-18)15(2)3/h15,17H,4-14H2,1-3H3. The minimum absolute atomic E-state index is 0.611. The molecule has 2 saturated heterocycles. The molecule has 0 aromatic heterocycles. The molecule has 0 amide bonds. The van der Waals surface area contributed by atoms with Gasteiger partial charge in [0, 0.05) is 38.8 Å². The van der Waals surface area contributed by atoms with Gasteiger partial charge in [0.15, 0.2) is 0 Å². The molecular formula is C16H33N3. The summed E-state index contributed by atoms with van der Waals surface area (Å²) in [4.78, 5) is 5.35. The van der Waals surface area contributed by atoms with Crippen molar-refractivity contribution < 1.29 is 0 Å². The monoisotopic (exact) mass is 267 g/mol. The minimum Gasteiger partial charge on any atom is -0.317 e. The number of nitrogens with one attached hydrogen (secondary N) is 1. The zero-order valence-corrected chi connectivity index (χ0v) is 13.2. The van der Waals surface area contributed by atoms with Crippen LogP contribution in [0, 0.1) is 5.41 Å². The summed E-state index contributed by atoms with van der Waals surface area (Å²) in [6.45, 7) is 15.9. The Kier molecular flexibility index (Phi) is 5.67. The van der Waals surface area contributed by atoms with Crippen molar-refractivity contribution in [2.24, 2.45) is 5.41 Å². The van der Waals surface area contributed by atoms with E-state index in [9.17, 15) is 0 Å². The van der Waals surface area contributed by atoms with Crippen molar-refractivity contribution in [2.45, 2.75) is 52.5 Å². The Bertz CT molecular complexity index is 245. The van der Waals surface area contributed by atoms with Crippen molar-refractivity contribution in [1.82, 2.24) is 15.1 Å². The zero-order chi connectivity index (χ0) is 13.7. The van der Waals surface area contributed by atoms with E-state index >= 15 is 0 Å². The summed E-state index contributed by atoms with van der Waals surface area (Å²) >= 11 is 0. The van der Waals surface area contributed by atoms with Crippen LogP contribution in [0.2, 0.25) is 0 Å². The fraction of sp³-hybridized carbons (Fsp3) is 1.00. The highest BCUT2D eigenvalue weighted by Gasteiger charge is 2.33. The third-order valence-corrected chi connectivity index (χ3v) is 5.14. The Hall–Kier alpha value is -0.120. The third kappa shape index (κ3) is 4.17. The highest BCUT2D eigenvalue weighted by Crippen LogP contribution is 2.35. The van der Waals surface area contributed by atoms with E-state index in [1.165, 1.54) is 71.5 Å². The molecule has 0 saturated carbocycles. The summed E-state index contributed by atoms with van der Waals surface area (Å²) in [5.74, 6) is 0. The minimum atomic E-state index is 0.611. The Labute approximate surface area is 119 Å². The van der Waals surface area contributed by atoms with E-state index < -0.39 is 0 Å². The second-order valence-corrected chi connectivity index (χ2v) is 6.91. The number of piperazine rings is 1. The molecule has 2 rings (SSSR count). The van der Waals surface area contributed by atoms with E-state index in [-0.39, 0.29) is 0 Å². The van der Waals surface area contributed by atoms with Crippen LogP contribution in [0.15, 0.2) is 0 Å². The van der Waals surface area contributed by atoms with Crippen LogP contribution < -0.4 is 5.32 Å². The highest BCUT2D eigenvalue weighted by atomic mass is 15.3. The first-order chi connectivity index (χ1) is 9.15. The largest absolute Gasteiger partial charge is 0.317 e. The molecule has 0 aromatic carbocycles. The molecule has 3 nitrogen and oxygen atoms in total. The average Bonchev–Trinajstić information content (AvgIpc) is 2.40. The van der Waals surface area contributed by atoms with Crippen molar-refractivity contribution in [3.05, 3.63) is 0 Å². The smallest absolute Gasteiger partial charge is 0.0113 e. The molecule has 1 N–H and O–H groups in total. The first kappa shape index (κ1) is 15.3. The molecule has 0 spiro atoms. The Morgan fingerprint density at radius 2 is 1.68 bits per heavy atom. The molecule has 3 heteroatoms. The molecule has 112 valence electrons. The summed E-state index contributed by atoms with van der Waals surface area (Å²) in [5.41, 5.74) is 0.611. The topological polar surface area (TPSA) is 18.5 Å². The maximum Gasteiger partial charge on any atom is 0.0113 e. The van der Waals surface area contributed by atoms with Gasteiger partial charge in [-0.1, -0.05) is 13.3 Å². The van der Waals surface area contributed by atoms with Crippen LogP contribution in [0.25, 0.3) is 0 Å². The number of hydrogen-bond donors (Lipinski definition) is 1.